The Morgan fingerprint density at radius 3 is 2.83 bits per heavy atom. The van der Waals surface area contributed by atoms with Gasteiger partial charge in [-0.2, -0.15) is 0 Å². The Morgan fingerprint density at radius 2 is 2.11 bits per heavy atom. The predicted molar refractivity (Wildman–Crippen MR) is 76.7 cm³/mol. The van der Waals surface area contributed by atoms with Crippen LogP contribution in [0.5, 0.6) is 5.75 Å². The van der Waals surface area contributed by atoms with Gasteiger partial charge >= 0.3 is 0 Å². The van der Waals surface area contributed by atoms with Crippen LogP contribution in [0.25, 0.3) is 0 Å². The molecule has 0 radical (unpaired) electrons. The van der Waals surface area contributed by atoms with Crippen molar-refractivity contribution in [3.05, 3.63) is 29.8 Å². The van der Waals surface area contributed by atoms with Crippen molar-refractivity contribution < 1.29 is 4.74 Å². The number of nitrogens with one attached hydrogen (secondary N) is 1. The fourth-order valence-corrected chi connectivity index (χ4v) is 1.78. The quantitative estimate of drug-likeness (QED) is 0.586. The highest BCUT2D eigenvalue weighted by atomic mass is 16.5. The number of para-hydroxylation sites is 1. The van der Waals surface area contributed by atoms with E-state index in [0.717, 1.165) is 25.1 Å². The molecule has 0 bridgehead atoms. The average molecular weight is 245 g/mol. The summed E-state index contributed by atoms with van der Waals surface area (Å²) in [6, 6.07) is 8.53. The van der Waals surface area contributed by atoms with Crippen molar-refractivity contribution in [2.24, 2.45) is 0 Å². The molecule has 1 unspecified atom stereocenters. The van der Waals surface area contributed by atoms with E-state index in [1.54, 1.807) is 0 Å². The first-order valence-corrected chi connectivity index (χ1v) is 6.64. The summed E-state index contributed by atoms with van der Waals surface area (Å²) >= 11 is 0. The normalized spacial score (nSPS) is 11.5. The fourth-order valence-electron chi connectivity index (χ4n) is 1.78. The van der Waals surface area contributed by atoms with Gasteiger partial charge in [-0.1, -0.05) is 25.1 Å². The summed E-state index contributed by atoms with van der Waals surface area (Å²) in [7, 11) is 0. The lowest BCUT2D eigenvalue weighted by Crippen LogP contribution is -2.20. The molecule has 0 amide bonds. The topological polar surface area (TPSA) is 21.3 Å². The Bertz CT molecular complexity index is 403. The molecule has 0 aliphatic rings. The molecular weight excluding hydrogens is 222 g/mol. The van der Waals surface area contributed by atoms with Gasteiger partial charge in [0, 0.05) is 18.0 Å². The SMILES string of the molecule is CC#CCCOc1ccccc1C(C)NCCC. The molecule has 1 N–H and O–H groups in total. The lowest BCUT2D eigenvalue weighted by molar-refractivity contribution is 0.320. The van der Waals surface area contributed by atoms with E-state index in [0.29, 0.717) is 12.6 Å². The third-order valence-corrected chi connectivity index (χ3v) is 2.75. The number of benzene rings is 1. The standard InChI is InChI=1S/C16H23NO/c1-4-6-9-13-18-16-11-8-7-10-15(16)14(3)17-12-5-2/h7-8,10-11,14,17H,5,9,12-13H2,1-3H3. The zero-order chi connectivity index (χ0) is 13.2. The van der Waals surface area contributed by atoms with E-state index >= 15 is 0 Å². The number of hydrogen-bond acceptors (Lipinski definition) is 2. The van der Waals surface area contributed by atoms with Gasteiger partial charge in [0.15, 0.2) is 0 Å². The van der Waals surface area contributed by atoms with E-state index in [2.05, 4.69) is 43.1 Å². The van der Waals surface area contributed by atoms with Crippen LogP contribution in [0.2, 0.25) is 0 Å². The Balaban J connectivity index is 2.62. The first-order valence-electron chi connectivity index (χ1n) is 6.64. The Kier molecular flexibility index (Phi) is 6.98. The Morgan fingerprint density at radius 1 is 1.33 bits per heavy atom. The molecule has 1 atom stereocenters. The van der Waals surface area contributed by atoms with Crippen LogP contribution in [0.4, 0.5) is 0 Å². The summed E-state index contributed by atoms with van der Waals surface area (Å²) in [6.45, 7) is 7.87. The van der Waals surface area contributed by atoms with Crippen LogP contribution >= 0.6 is 0 Å². The van der Waals surface area contributed by atoms with Crippen molar-refractivity contribution in [1.82, 2.24) is 5.32 Å². The van der Waals surface area contributed by atoms with Crippen LogP contribution in [-0.2, 0) is 0 Å². The van der Waals surface area contributed by atoms with Gasteiger partial charge in [0.1, 0.15) is 5.75 Å². The second kappa shape index (κ2) is 8.60. The summed E-state index contributed by atoms with van der Waals surface area (Å²) in [5, 5.41) is 3.48. The zero-order valence-electron chi connectivity index (χ0n) is 11.6. The molecule has 1 aromatic carbocycles. The smallest absolute Gasteiger partial charge is 0.124 e. The maximum absolute atomic E-state index is 5.80. The zero-order valence-corrected chi connectivity index (χ0v) is 11.6. The van der Waals surface area contributed by atoms with Crippen molar-refractivity contribution in [1.29, 1.82) is 0 Å². The molecule has 0 spiro atoms. The molecule has 18 heavy (non-hydrogen) atoms. The molecule has 0 aliphatic heterocycles. The monoisotopic (exact) mass is 245 g/mol. The third-order valence-electron chi connectivity index (χ3n) is 2.75. The molecule has 0 heterocycles. The van der Waals surface area contributed by atoms with E-state index in [1.807, 2.05) is 19.1 Å². The molecule has 1 aromatic rings. The van der Waals surface area contributed by atoms with Crippen LogP contribution in [0, 0.1) is 11.8 Å². The summed E-state index contributed by atoms with van der Waals surface area (Å²) in [5.74, 6) is 6.85. The minimum Gasteiger partial charge on any atom is -0.492 e. The highest BCUT2D eigenvalue weighted by Gasteiger charge is 2.09. The molecule has 2 nitrogen and oxygen atoms in total. The second-order valence-electron chi connectivity index (χ2n) is 4.24. The molecule has 1 rings (SSSR count). The van der Waals surface area contributed by atoms with Gasteiger partial charge in [0.25, 0.3) is 0 Å². The summed E-state index contributed by atoms with van der Waals surface area (Å²) in [4.78, 5) is 0. The summed E-state index contributed by atoms with van der Waals surface area (Å²) < 4.78 is 5.80. The van der Waals surface area contributed by atoms with Gasteiger partial charge in [-0.3, -0.25) is 0 Å². The van der Waals surface area contributed by atoms with E-state index in [4.69, 9.17) is 4.74 Å². The van der Waals surface area contributed by atoms with E-state index in [9.17, 15) is 0 Å². The molecule has 0 saturated carbocycles. The second-order valence-corrected chi connectivity index (χ2v) is 4.24. The molecule has 0 saturated heterocycles. The minimum absolute atomic E-state index is 0.318. The molecule has 0 aliphatic carbocycles. The molecule has 2 heteroatoms. The van der Waals surface area contributed by atoms with Crippen molar-refractivity contribution in [3.8, 4) is 17.6 Å². The molecule has 98 valence electrons. The van der Waals surface area contributed by atoms with E-state index in [1.165, 1.54) is 5.56 Å². The van der Waals surface area contributed by atoms with Gasteiger partial charge in [-0.05, 0) is 32.9 Å². The molecular formula is C16H23NO. The largest absolute Gasteiger partial charge is 0.492 e. The maximum atomic E-state index is 5.80. The van der Waals surface area contributed by atoms with E-state index < -0.39 is 0 Å². The fraction of sp³-hybridized carbons (Fsp3) is 0.500. The predicted octanol–water partition coefficient (Wildman–Crippen LogP) is 3.54. The van der Waals surface area contributed by atoms with Crippen molar-refractivity contribution in [2.45, 2.75) is 39.7 Å². The third kappa shape index (κ3) is 4.81. The van der Waals surface area contributed by atoms with Crippen LogP contribution < -0.4 is 10.1 Å². The van der Waals surface area contributed by atoms with Crippen molar-refractivity contribution in [2.75, 3.05) is 13.2 Å². The van der Waals surface area contributed by atoms with Gasteiger partial charge < -0.3 is 10.1 Å². The van der Waals surface area contributed by atoms with Crippen molar-refractivity contribution in [3.63, 3.8) is 0 Å². The summed E-state index contributed by atoms with van der Waals surface area (Å²) in [5.41, 5.74) is 1.22. The lowest BCUT2D eigenvalue weighted by atomic mass is 10.1. The highest BCUT2D eigenvalue weighted by Crippen LogP contribution is 2.24. The van der Waals surface area contributed by atoms with Gasteiger partial charge in [0.05, 0.1) is 6.61 Å². The van der Waals surface area contributed by atoms with Gasteiger partial charge in [-0.25, -0.2) is 0 Å². The molecule has 0 aromatic heterocycles. The average Bonchev–Trinajstić information content (AvgIpc) is 2.41. The van der Waals surface area contributed by atoms with Crippen LogP contribution in [0.15, 0.2) is 24.3 Å². The summed E-state index contributed by atoms with van der Waals surface area (Å²) in [6.07, 6.45) is 1.92. The van der Waals surface area contributed by atoms with E-state index in [-0.39, 0.29) is 0 Å². The Hall–Kier alpha value is -1.46. The molecule has 0 fully saturated rings. The van der Waals surface area contributed by atoms with Crippen molar-refractivity contribution >= 4 is 0 Å². The Labute approximate surface area is 111 Å². The van der Waals surface area contributed by atoms with Crippen LogP contribution in [0.1, 0.15) is 45.2 Å². The number of hydrogen-bond donors (Lipinski definition) is 1. The first kappa shape index (κ1) is 14.6. The van der Waals surface area contributed by atoms with Gasteiger partial charge in [-0.15, -0.1) is 11.8 Å². The maximum Gasteiger partial charge on any atom is 0.124 e. The number of rotatable bonds is 7. The van der Waals surface area contributed by atoms with Crippen LogP contribution in [-0.4, -0.2) is 13.2 Å². The lowest BCUT2D eigenvalue weighted by Gasteiger charge is -2.17. The minimum atomic E-state index is 0.318. The number of ether oxygens (including phenoxy) is 1. The first-order chi connectivity index (χ1) is 8.79. The van der Waals surface area contributed by atoms with Crippen LogP contribution in [0.3, 0.4) is 0 Å². The highest BCUT2D eigenvalue weighted by molar-refractivity contribution is 5.35. The van der Waals surface area contributed by atoms with Gasteiger partial charge in [0.2, 0.25) is 0 Å².